The van der Waals surface area contributed by atoms with Gasteiger partial charge in [-0.1, -0.05) is 48.9 Å². The molecule has 2 amide bonds. The van der Waals surface area contributed by atoms with Gasteiger partial charge >= 0.3 is 12.0 Å². The van der Waals surface area contributed by atoms with Crippen molar-refractivity contribution in [2.45, 2.75) is 45.1 Å². The van der Waals surface area contributed by atoms with Crippen LogP contribution in [-0.4, -0.2) is 46.7 Å². The Morgan fingerprint density at radius 3 is 2.21 bits per heavy atom. The van der Waals surface area contributed by atoms with Crippen LogP contribution < -0.4 is 20.1 Å². The fourth-order valence-corrected chi connectivity index (χ4v) is 5.87. The summed E-state index contributed by atoms with van der Waals surface area (Å²) in [5.74, 6) is -0.312. The van der Waals surface area contributed by atoms with Crippen molar-refractivity contribution >= 4 is 27.7 Å². The molecule has 3 aromatic rings. The zero-order chi connectivity index (χ0) is 28.6. The third-order valence-corrected chi connectivity index (χ3v) is 7.69. The summed E-state index contributed by atoms with van der Waals surface area (Å²) in [5, 5.41) is 5.58. The molecule has 0 aliphatic carbocycles. The van der Waals surface area contributed by atoms with Gasteiger partial charge in [-0.2, -0.15) is 4.72 Å². The van der Waals surface area contributed by atoms with E-state index in [0.717, 1.165) is 23.1 Å². The van der Waals surface area contributed by atoms with Crippen molar-refractivity contribution in [1.82, 2.24) is 10.0 Å². The van der Waals surface area contributed by atoms with Gasteiger partial charge in [0.15, 0.2) is 6.04 Å². The highest BCUT2D eigenvalue weighted by atomic mass is 32.2. The first-order valence-corrected chi connectivity index (χ1v) is 14.1. The molecule has 3 rings (SSSR count). The van der Waals surface area contributed by atoms with Crippen LogP contribution in [0.15, 0.2) is 65.6 Å². The van der Waals surface area contributed by atoms with Gasteiger partial charge in [0.25, 0.3) is 0 Å². The quantitative estimate of drug-likeness (QED) is 0.296. The molecule has 0 fully saturated rings. The van der Waals surface area contributed by atoms with Gasteiger partial charge in [0.2, 0.25) is 10.0 Å². The Kier molecular flexibility index (Phi) is 10.1. The molecule has 0 radical (unpaired) electrons. The lowest BCUT2D eigenvalue weighted by Crippen LogP contribution is -2.45. The number of hydrogen-bond donors (Lipinski definition) is 3. The monoisotopic (exact) mass is 553 g/mol. The van der Waals surface area contributed by atoms with Crippen LogP contribution in [0.5, 0.6) is 5.75 Å². The van der Waals surface area contributed by atoms with Crippen LogP contribution in [0.2, 0.25) is 0 Å². The summed E-state index contributed by atoms with van der Waals surface area (Å²) in [4.78, 5) is 24.5. The molecule has 3 aromatic carbocycles. The van der Waals surface area contributed by atoms with E-state index in [0.29, 0.717) is 29.1 Å². The molecule has 0 bridgehead atoms. The van der Waals surface area contributed by atoms with E-state index in [9.17, 15) is 18.0 Å². The molecule has 0 aliphatic rings. The van der Waals surface area contributed by atoms with Crippen molar-refractivity contribution in [3.05, 3.63) is 77.4 Å². The molecule has 10 heteroatoms. The van der Waals surface area contributed by atoms with Crippen molar-refractivity contribution in [1.29, 1.82) is 0 Å². The van der Waals surface area contributed by atoms with Crippen molar-refractivity contribution in [3.8, 4) is 16.9 Å². The molecule has 9 nitrogen and oxygen atoms in total. The van der Waals surface area contributed by atoms with Crippen molar-refractivity contribution in [2.75, 3.05) is 25.6 Å². The van der Waals surface area contributed by atoms with E-state index in [-0.39, 0.29) is 17.5 Å². The Hall–Kier alpha value is -3.89. The van der Waals surface area contributed by atoms with Gasteiger partial charge in [0, 0.05) is 12.2 Å². The number of carbonyl (C=O) groups is 2. The molecule has 1 atom stereocenters. The number of esters is 1. The second-order valence-electron chi connectivity index (χ2n) is 9.22. The van der Waals surface area contributed by atoms with Crippen molar-refractivity contribution in [3.63, 3.8) is 0 Å². The van der Waals surface area contributed by atoms with E-state index in [4.69, 9.17) is 9.47 Å². The van der Waals surface area contributed by atoms with Crippen LogP contribution in [0.3, 0.4) is 0 Å². The minimum atomic E-state index is -4.02. The number of ether oxygens (including phenoxy) is 2. The second-order valence-corrected chi connectivity index (χ2v) is 10.9. The summed E-state index contributed by atoms with van der Waals surface area (Å²) in [6.07, 6.45) is 0.847. The zero-order valence-corrected chi connectivity index (χ0v) is 23.6. The van der Waals surface area contributed by atoms with Gasteiger partial charge in [-0.15, -0.1) is 0 Å². The maximum atomic E-state index is 13.2. The molecule has 3 N–H and O–H groups in total. The van der Waals surface area contributed by atoms with Gasteiger partial charge in [-0.05, 0) is 73.7 Å². The van der Waals surface area contributed by atoms with E-state index < -0.39 is 22.0 Å². The predicted octanol–water partition coefficient (Wildman–Crippen LogP) is 4.71. The van der Waals surface area contributed by atoms with Crippen LogP contribution in [-0.2, 0) is 19.6 Å². The van der Waals surface area contributed by atoms with Crippen molar-refractivity contribution in [2.24, 2.45) is 0 Å². The molecule has 0 unspecified atom stereocenters. The highest BCUT2D eigenvalue weighted by molar-refractivity contribution is 7.89. The molecular weight excluding hydrogens is 518 g/mol. The van der Waals surface area contributed by atoms with E-state index in [1.165, 1.54) is 7.11 Å². The standard InChI is InChI=1S/C29H35N3O6S/c1-6-14-30-29(34)31-24-9-7-8-23(17-24)22-10-12-25(13-11-22)38-18-26(28(33)37-5)32-39(35,36)27-20(3)15-19(2)16-21(27)4/h7-13,15-17,26,32H,6,14,18H2,1-5H3,(H2,30,31,34)/t26-/m0/s1. The number of methoxy groups -OCH3 is 1. The number of rotatable bonds is 11. The number of benzene rings is 3. The first kappa shape index (κ1) is 29.7. The lowest BCUT2D eigenvalue weighted by atomic mass is 10.1. The first-order chi connectivity index (χ1) is 18.5. The number of urea groups is 1. The smallest absolute Gasteiger partial charge is 0.327 e. The number of anilines is 1. The summed E-state index contributed by atoms with van der Waals surface area (Å²) in [7, 11) is -2.83. The first-order valence-electron chi connectivity index (χ1n) is 12.6. The third kappa shape index (κ3) is 8.05. The maximum Gasteiger partial charge on any atom is 0.327 e. The largest absolute Gasteiger partial charge is 0.491 e. The van der Waals surface area contributed by atoms with Crippen LogP contribution >= 0.6 is 0 Å². The number of amides is 2. The molecule has 0 aromatic heterocycles. The van der Waals surface area contributed by atoms with Gasteiger partial charge in [-0.3, -0.25) is 4.79 Å². The number of hydrogen-bond acceptors (Lipinski definition) is 6. The number of sulfonamides is 1. The molecule has 39 heavy (non-hydrogen) atoms. The minimum Gasteiger partial charge on any atom is -0.491 e. The average Bonchev–Trinajstić information content (AvgIpc) is 2.89. The second kappa shape index (κ2) is 13.3. The summed E-state index contributed by atoms with van der Waals surface area (Å²) in [6.45, 7) is 7.63. The number of aryl methyl sites for hydroxylation is 3. The number of carbonyl (C=O) groups excluding carboxylic acids is 2. The Morgan fingerprint density at radius 1 is 0.923 bits per heavy atom. The summed E-state index contributed by atoms with van der Waals surface area (Å²) >= 11 is 0. The van der Waals surface area contributed by atoms with E-state index in [1.54, 1.807) is 44.2 Å². The van der Waals surface area contributed by atoms with Crippen molar-refractivity contribution < 1.29 is 27.5 Å². The van der Waals surface area contributed by atoms with Crippen LogP contribution in [0.4, 0.5) is 10.5 Å². The Morgan fingerprint density at radius 2 is 1.59 bits per heavy atom. The van der Waals surface area contributed by atoms with Crippen LogP contribution in [0.25, 0.3) is 11.1 Å². The highest BCUT2D eigenvalue weighted by Gasteiger charge is 2.29. The Balaban J connectivity index is 1.70. The van der Waals surface area contributed by atoms with Gasteiger partial charge in [-0.25, -0.2) is 13.2 Å². The van der Waals surface area contributed by atoms with Crippen LogP contribution in [0.1, 0.15) is 30.0 Å². The third-order valence-electron chi connectivity index (χ3n) is 5.92. The SMILES string of the molecule is CCCNC(=O)Nc1cccc(-c2ccc(OC[C@H](NS(=O)(=O)c3c(C)cc(C)cc3C)C(=O)OC)cc2)c1. The summed E-state index contributed by atoms with van der Waals surface area (Å²) in [6, 6.07) is 16.6. The molecule has 0 spiro atoms. The van der Waals surface area contributed by atoms with Crippen LogP contribution in [0, 0.1) is 20.8 Å². The predicted molar refractivity (Wildman–Crippen MR) is 151 cm³/mol. The highest BCUT2D eigenvalue weighted by Crippen LogP contribution is 2.26. The molecular formula is C29H35N3O6S. The fraction of sp³-hybridized carbons (Fsp3) is 0.310. The maximum absolute atomic E-state index is 13.2. The summed E-state index contributed by atoms with van der Waals surface area (Å²) in [5.41, 5.74) is 4.55. The lowest BCUT2D eigenvalue weighted by Gasteiger charge is -2.19. The average molecular weight is 554 g/mol. The minimum absolute atomic E-state index is 0.130. The van der Waals surface area contributed by atoms with E-state index >= 15 is 0 Å². The zero-order valence-electron chi connectivity index (χ0n) is 22.8. The Labute approximate surface area is 230 Å². The topological polar surface area (TPSA) is 123 Å². The molecule has 0 saturated heterocycles. The van der Waals surface area contributed by atoms with Gasteiger partial charge < -0.3 is 20.1 Å². The lowest BCUT2D eigenvalue weighted by molar-refractivity contribution is -0.143. The molecule has 0 saturated carbocycles. The Bertz CT molecular complexity index is 1400. The molecule has 0 heterocycles. The fourth-order valence-electron chi connectivity index (χ4n) is 4.24. The van der Waals surface area contributed by atoms with E-state index in [2.05, 4.69) is 15.4 Å². The number of nitrogens with one attached hydrogen (secondary N) is 3. The summed E-state index contributed by atoms with van der Waals surface area (Å²) < 4.78 is 39.4. The van der Waals surface area contributed by atoms with E-state index in [1.807, 2.05) is 44.2 Å². The van der Waals surface area contributed by atoms with Gasteiger partial charge in [0.05, 0.1) is 12.0 Å². The molecule has 0 aliphatic heterocycles. The van der Waals surface area contributed by atoms with Gasteiger partial charge in [0.1, 0.15) is 12.4 Å². The molecule has 208 valence electrons. The normalized spacial score (nSPS) is 11.9.